The smallest absolute Gasteiger partial charge is 0.260 e. The predicted molar refractivity (Wildman–Crippen MR) is 79.8 cm³/mol. The molecule has 0 spiro atoms. The molecule has 0 bridgehead atoms. The van der Waals surface area contributed by atoms with Crippen molar-refractivity contribution in [1.82, 2.24) is 15.1 Å². The molecule has 0 amide bonds. The predicted octanol–water partition coefficient (Wildman–Crippen LogP) is 3.45. The van der Waals surface area contributed by atoms with E-state index in [1.807, 2.05) is 37.3 Å². The Kier molecular flexibility index (Phi) is 3.23. The molecule has 2 heterocycles. The minimum Gasteiger partial charge on any atom is -0.398 e. The quantitative estimate of drug-likeness (QED) is 0.728. The molecule has 2 N–H and O–H groups in total. The highest BCUT2D eigenvalue weighted by Crippen LogP contribution is 2.27. The molecule has 0 fully saturated rings. The van der Waals surface area contributed by atoms with Crippen LogP contribution in [0.3, 0.4) is 0 Å². The summed E-state index contributed by atoms with van der Waals surface area (Å²) in [6.07, 6.45) is 1.69. The monoisotopic (exact) mass is 330 g/mol. The highest BCUT2D eigenvalue weighted by Gasteiger charge is 2.13. The van der Waals surface area contributed by atoms with Crippen LogP contribution in [-0.4, -0.2) is 15.1 Å². The van der Waals surface area contributed by atoms with Gasteiger partial charge in [-0.25, -0.2) is 0 Å². The van der Waals surface area contributed by atoms with E-state index in [2.05, 4.69) is 31.1 Å². The largest absolute Gasteiger partial charge is 0.398 e. The minimum absolute atomic E-state index is 0.394. The van der Waals surface area contributed by atoms with Crippen molar-refractivity contribution >= 4 is 21.6 Å². The summed E-state index contributed by atoms with van der Waals surface area (Å²) in [5, 5.41) is 3.94. The topological polar surface area (TPSA) is 77.8 Å². The summed E-state index contributed by atoms with van der Waals surface area (Å²) in [6.45, 7) is 1.98. The number of aromatic nitrogens is 3. The van der Waals surface area contributed by atoms with Crippen molar-refractivity contribution in [2.24, 2.45) is 0 Å². The van der Waals surface area contributed by atoms with Crippen LogP contribution in [0.5, 0.6) is 0 Å². The van der Waals surface area contributed by atoms with Crippen LogP contribution >= 0.6 is 15.9 Å². The van der Waals surface area contributed by atoms with E-state index in [-0.39, 0.29) is 0 Å². The summed E-state index contributed by atoms with van der Waals surface area (Å²) in [7, 11) is 0. The van der Waals surface area contributed by atoms with Crippen molar-refractivity contribution in [2.75, 3.05) is 5.73 Å². The summed E-state index contributed by atoms with van der Waals surface area (Å²) in [5.74, 6) is 0.833. The second-order valence-electron chi connectivity index (χ2n) is 4.38. The summed E-state index contributed by atoms with van der Waals surface area (Å²) >= 11 is 3.33. The summed E-state index contributed by atoms with van der Waals surface area (Å²) in [6, 6.07) is 9.37. The maximum absolute atomic E-state index is 5.94. The third kappa shape index (κ3) is 2.42. The summed E-state index contributed by atoms with van der Waals surface area (Å²) in [5.41, 5.74) is 9.01. The Bertz CT molecular complexity index is 752. The molecule has 0 radical (unpaired) electrons. The molecule has 0 aliphatic heterocycles. The van der Waals surface area contributed by atoms with E-state index >= 15 is 0 Å². The van der Waals surface area contributed by atoms with Gasteiger partial charge in [0.05, 0.1) is 5.56 Å². The Hall–Kier alpha value is -2.21. The normalized spacial score (nSPS) is 10.7. The second kappa shape index (κ2) is 5.05. The molecule has 0 saturated heterocycles. The molecule has 100 valence electrons. The van der Waals surface area contributed by atoms with Crippen molar-refractivity contribution in [3.8, 4) is 23.0 Å². The Morgan fingerprint density at radius 2 is 2.05 bits per heavy atom. The standard InChI is InChI=1S/C14H11BrN4O/c1-8-2-4-11(16)10(6-8)14-18-13(19-20-14)12-5-3-9(15)7-17-12/h2-7H,16H2,1H3. The Morgan fingerprint density at radius 1 is 1.20 bits per heavy atom. The summed E-state index contributed by atoms with van der Waals surface area (Å²) < 4.78 is 6.17. The zero-order chi connectivity index (χ0) is 14.1. The zero-order valence-electron chi connectivity index (χ0n) is 10.7. The molecule has 0 unspecified atom stereocenters. The molecule has 3 aromatic rings. The average molecular weight is 331 g/mol. The molecule has 20 heavy (non-hydrogen) atoms. The molecule has 2 aromatic heterocycles. The molecule has 3 rings (SSSR count). The van der Waals surface area contributed by atoms with Crippen LogP contribution in [0, 0.1) is 6.92 Å². The summed E-state index contributed by atoms with van der Waals surface area (Å²) in [4.78, 5) is 8.58. The number of pyridine rings is 1. The maximum atomic E-state index is 5.94. The number of hydrogen-bond acceptors (Lipinski definition) is 5. The lowest BCUT2D eigenvalue weighted by molar-refractivity contribution is 0.432. The highest BCUT2D eigenvalue weighted by atomic mass is 79.9. The van der Waals surface area contributed by atoms with Crippen molar-refractivity contribution in [1.29, 1.82) is 0 Å². The maximum Gasteiger partial charge on any atom is 0.260 e. The van der Waals surface area contributed by atoms with Gasteiger partial charge >= 0.3 is 0 Å². The average Bonchev–Trinajstić information content (AvgIpc) is 2.92. The zero-order valence-corrected chi connectivity index (χ0v) is 12.3. The van der Waals surface area contributed by atoms with Gasteiger partial charge in [0.1, 0.15) is 5.69 Å². The van der Waals surface area contributed by atoms with Crippen LogP contribution in [0.25, 0.3) is 23.0 Å². The first kappa shape index (κ1) is 12.8. The van der Waals surface area contributed by atoms with E-state index in [0.717, 1.165) is 15.6 Å². The Morgan fingerprint density at radius 3 is 2.80 bits per heavy atom. The van der Waals surface area contributed by atoms with Gasteiger partial charge in [0.25, 0.3) is 5.89 Å². The number of nitrogen functional groups attached to an aromatic ring is 1. The van der Waals surface area contributed by atoms with Crippen molar-refractivity contribution in [3.63, 3.8) is 0 Å². The van der Waals surface area contributed by atoms with Crippen LogP contribution in [0.2, 0.25) is 0 Å². The third-order valence-corrected chi connectivity index (χ3v) is 3.29. The first-order chi connectivity index (χ1) is 9.63. The van der Waals surface area contributed by atoms with Crippen LogP contribution in [0.4, 0.5) is 5.69 Å². The first-order valence-electron chi connectivity index (χ1n) is 5.95. The number of rotatable bonds is 2. The Balaban J connectivity index is 2.01. The van der Waals surface area contributed by atoms with Gasteiger partial charge in [-0.1, -0.05) is 16.8 Å². The van der Waals surface area contributed by atoms with Crippen LogP contribution in [-0.2, 0) is 0 Å². The van der Waals surface area contributed by atoms with Gasteiger partial charge in [-0.05, 0) is 47.1 Å². The highest BCUT2D eigenvalue weighted by molar-refractivity contribution is 9.10. The number of benzene rings is 1. The van der Waals surface area contributed by atoms with Crippen molar-refractivity contribution < 1.29 is 4.52 Å². The number of nitrogens with zero attached hydrogens (tertiary/aromatic N) is 3. The van der Waals surface area contributed by atoms with Crippen LogP contribution in [0.1, 0.15) is 5.56 Å². The molecule has 0 saturated carbocycles. The fraction of sp³-hybridized carbons (Fsp3) is 0.0714. The van der Waals surface area contributed by atoms with Gasteiger partial charge in [-0.15, -0.1) is 0 Å². The second-order valence-corrected chi connectivity index (χ2v) is 5.29. The van der Waals surface area contributed by atoms with Crippen LogP contribution in [0.15, 0.2) is 45.5 Å². The third-order valence-electron chi connectivity index (χ3n) is 2.82. The lowest BCUT2D eigenvalue weighted by Crippen LogP contribution is -1.91. The van der Waals surface area contributed by atoms with E-state index in [9.17, 15) is 0 Å². The van der Waals surface area contributed by atoms with Gasteiger partial charge in [-0.3, -0.25) is 4.98 Å². The van der Waals surface area contributed by atoms with Gasteiger partial charge in [0.15, 0.2) is 0 Å². The van der Waals surface area contributed by atoms with E-state index in [1.165, 1.54) is 0 Å². The van der Waals surface area contributed by atoms with Gasteiger partial charge in [-0.2, -0.15) is 4.98 Å². The molecule has 0 aliphatic rings. The lowest BCUT2D eigenvalue weighted by atomic mass is 10.1. The molecule has 6 heteroatoms. The molecular weight excluding hydrogens is 320 g/mol. The first-order valence-corrected chi connectivity index (χ1v) is 6.75. The van der Waals surface area contributed by atoms with E-state index in [0.29, 0.717) is 23.1 Å². The van der Waals surface area contributed by atoms with Crippen molar-refractivity contribution in [2.45, 2.75) is 6.92 Å². The van der Waals surface area contributed by atoms with E-state index in [4.69, 9.17) is 10.3 Å². The lowest BCUT2D eigenvalue weighted by Gasteiger charge is -2.01. The molecule has 1 aromatic carbocycles. The van der Waals surface area contributed by atoms with Gasteiger partial charge in [0.2, 0.25) is 5.82 Å². The number of halogens is 1. The Labute approximate surface area is 124 Å². The number of anilines is 1. The molecule has 0 atom stereocenters. The SMILES string of the molecule is Cc1ccc(N)c(-c2nc(-c3ccc(Br)cn3)no2)c1. The van der Waals surface area contributed by atoms with Gasteiger partial charge in [0, 0.05) is 16.4 Å². The van der Waals surface area contributed by atoms with E-state index in [1.54, 1.807) is 6.20 Å². The molecule has 0 aliphatic carbocycles. The van der Waals surface area contributed by atoms with E-state index < -0.39 is 0 Å². The fourth-order valence-electron chi connectivity index (χ4n) is 1.80. The number of nitrogens with two attached hydrogens (primary N) is 1. The molecular formula is C14H11BrN4O. The molecule has 5 nitrogen and oxygen atoms in total. The van der Waals surface area contributed by atoms with Crippen molar-refractivity contribution in [3.05, 3.63) is 46.6 Å². The van der Waals surface area contributed by atoms with Crippen LogP contribution < -0.4 is 5.73 Å². The van der Waals surface area contributed by atoms with Gasteiger partial charge < -0.3 is 10.3 Å². The number of aryl methyl sites for hydroxylation is 1. The number of hydrogen-bond donors (Lipinski definition) is 1. The fourth-order valence-corrected chi connectivity index (χ4v) is 2.03. The minimum atomic E-state index is 0.394.